The summed E-state index contributed by atoms with van der Waals surface area (Å²) in [7, 11) is 1.64. The molecular formula is C14H15ClFN3O2. The van der Waals surface area contributed by atoms with Crippen LogP contribution in [0.5, 0.6) is 0 Å². The van der Waals surface area contributed by atoms with Crippen LogP contribution in [0.4, 0.5) is 14.9 Å². The summed E-state index contributed by atoms with van der Waals surface area (Å²) in [6.45, 7) is 3.96. The third kappa shape index (κ3) is 3.52. The van der Waals surface area contributed by atoms with E-state index in [9.17, 15) is 9.18 Å². The summed E-state index contributed by atoms with van der Waals surface area (Å²) in [5.74, 6) is 0.217. The van der Waals surface area contributed by atoms with Gasteiger partial charge in [-0.05, 0) is 32.0 Å². The van der Waals surface area contributed by atoms with Crippen LogP contribution in [0.25, 0.3) is 0 Å². The van der Waals surface area contributed by atoms with E-state index in [0.29, 0.717) is 18.0 Å². The number of nitrogens with zero attached hydrogens (tertiary/aromatic N) is 2. The van der Waals surface area contributed by atoms with Crippen molar-refractivity contribution in [3.63, 3.8) is 0 Å². The molecule has 2 rings (SSSR count). The van der Waals surface area contributed by atoms with Gasteiger partial charge in [0, 0.05) is 12.6 Å². The second kappa shape index (κ2) is 6.13. The van der Waals surface area contributed by atoms with Gasteiger partial charge in [0.1, 0.15) is 11.6 Å². The molecule has 5 nitrogen and oxygen atoms in total. The molecule has 0 aliphatic heterocycles. The fourth-order valence-electron chi connectivity index (χ4n) is 1.84. The molecule has 0 bridgehead atoms. The van der Waals surface area contributed by atoms with E-state index in [2.05, 4.69) is 10.5 Å². The Kier molecular flexibility index (Phi) is 4.47. The van der Waals surface area contributed by atoms with E-state index in [1.54, 1.807) is 14.0 Å². The van der Waals surface area contributed by atoms with E-state index in [1.165, 1.54) is 17.0 Å². The fourth-order valence-corrected chi connectivity index (χ4v) is 2.05. The standard InChI is InChI=1S/C14H15ClFN3O2/c1-8-11(9(2)21-18-8)7-19(3)14(20)17-13-5-4-10(16)6-12(13)15/h4-6H,7H2,1-3H3,(H,17,20). The molecule has 112 valence electrons. The zero-order valence-corrected chi connectivity index (χ0v) is 12.7. The molecule has 0 aliphatic rings. The Morgan fingerprint density at radius 2 is 2.19 bits per heavy atom. The maximum atomic E-state index is 13.0. The highest BCUT2D eigenvalue weighted by atomic mass is 35.5. The van der Waals surface area contributed by atoms with E-state index < -0.39 is 5.82 Å². The van der Waals surface area contributed by atoms with Gasteiger partial charge >= 0.3 is 6.03 Å². The van der Waals surface area contributed by atoms with Crippen molar-refractivity contribution >= 4 is 23.3 Å². The van der Waals surface area contributed by atoms with Crippen molar-refractivity contribution in [1.29, 1.82) is 0 Å². The molecule has 21 heavy (non-hydrogen) atoms. The number of halogens is 2. The first-order valence-corrected chi connectivity index (χ1v) is 6.65. The van der Waals surface area contributed by atoms with Gasteiger partial charge in [0.2, 0.25) is 0 Å². The lowest BCUT2D eigenvalue weighted by molar-refractivity contribution is 0.220. The van der Waals surface area contributed by atoms with Gasteiger partial charge in [-0.3, -0.25) is 0 Å². The maximum Gasteiger partial charge on any atom is 0.321 e. The molecule has 0 saturated heterocycles. The molecule has 0 aliphatic carbocycles. The van der Waals surface area contributed by atoms with Crippen LogP contribution >= 0.6 is 11.6 Å². The Balaban J connectivity index is 2.06. The average Bonchev–Trinajstić information content (AvgIpc) is 2.73. The molecule has 2 aromatic rings. The van der Waals surface area contributed by atoms with Crippen LogP contribution in [0.3, 0.4) is 0 Å². The number of amides is 2. The van der Waals surface area contributed by atoms with Gasteiger partial charge in [0.25, 0.3) is 0 Å². The van der Waals surface area contributed by atoms with Gasteiger partial charge in [-0.1, -0.05) is 16.8 Å². The van der Waals surface area contributed by atoms with Crippen molar-refractivity contribution in [1.82, 2.24) is 10.1 Å². The van der Waals surface area contributed by atoms with Crippen molar-refractivity contribution < 1.29 is 13.7 Å². The number of carbonyl (C=O) groups excluding carboxylic acids is 1. The van der Waals surface area contributed by atoms with Gasteiger partial charge in [-0.2, -0.15) is 0 Å². The van der Waals surface area contributed by atoms with Crippen LogP contribution in [-0.4, -0.2) is 23.1 Å². The third-order valence-corrected chi connectivity index (χ3v) is 3.41. The molecule has 1 aromatic carbocycles. The zero-order valence-electron chi connectivity index (χ0n) is 11.9. The van der Waals surface area contributed by atoms with Crippen LogP contribution in [0.1, 0.15) is 17.0 Å². The first-order valence-electron chi connectivity index (χ1n) is 6.27. The number of rotatable bonds is 3. The zero-order chi connectivity index (χ0) is 15.6. The molecule has 2 amide bonds. The summed E-state index contributed by atoms with van der Waals surface area (Å²) in [5.41, 5.74) is 1.96. The topological polar surface area (TPSA) is 58.4 Å². The summed E-state index contributed by atoms with van der Waals surface area (Å²) in [4.78, 5) is 13.6. The van der Waals surface area contributed by atoms with Gasteiger partial charge in [0.15, 0.2) is 0 Å². The Morgan fingerprint density at radius 1 is 1.48 bits per heavy atom. The van der Waals surface area contributed by atoms with Crippen LogP contribution < -0.4 is 5.32 Å². The number of carbonyl (C=O) groups is 1. The van der Waals surface area contributed by atoms with Crippen molar-refractivity contribution in [2.45, 2.75) is 20.4 Å². The summed E-state index contributed by atoms with van der Waals surface area (Å²) in [6.07, 6.45) is 0. The van der Waals surface area contributed by atoms with Crippen molar-refractivity contribution in [3.8, 4) is 0 Å². The first-order chi connectivity index (χ1) is 9.88. The summed E-state index contributed by atoms with van der Waals surface area (Å²) < 4.78 is 18.0. The molecular weight excluding hydrogens is 297 g/mol. The lowest BCUT2D eigenvalue weighted by Gasteiger charge is -2.18. The van der Waals surface area contributed by atoms with Crippen LogP contribution in [0, 0.1) is 19.7 Å². The number of hydrogen-bond acceptors (Lipinski definition) is 3. The Morgan fingerprint density at radius 3 is 2.76 bits per heavy atom. The molecule has 1 heterocycles. The number of aromatic nitrogens is 1. The highest BCUT2D eigenvalue weighted by Crippen LogP contribution is 2.23. The minimum absolute atomic E-state index is 0.147. The van der Waals surface area contributed by atoms with Gasteiger partial charge in [-0.25, -0.2) is 9.18 Å². The fraction of sp³-hybridized carbons (Fsp3) is 0.286. The van der Waals surface area contributed by atoms with E-state index in [1.807, 2.05) is 6.92 Å². The summed E-state index contributed by atoms with van der Waals surface area (Å²) in [5, 5.41) is 6.61. The summed E-state index contributed by atoms with van der Waals surface area (Å²) >= 11 is 5.87. The Bertz CT molecular complexity index is 653. The quantitative estimate of drug-likeness (QED) is 0.939. The molecule has 0 atom stereocenters. The molecule has 0 unspecified atom stereocenters. The van der Waals surface area contributed by atoms with E-state index in [4.69, 9.17) is 16.1 Å². The number of benzene rings is 1. The van der Waals surface area contributed by atoms with E-state index in [-0.39, 0.29) is 11.1 Å². The monoisotopic (exact) mass is 311 g/mol. The maximum absolute atomic E-state index is 13.0. The Hall–Kier alpha value is -2.08. The number of urea groups is 1. The second-order valence-electron chi connectivity index (χ2n) is 4.71. The highest BCUT2D eigenvalue weighted by molar-refractivity contribution is 6.33. The van der Waals surface area contributed by atoms with E-state index in [0.717, 1.165) is 17.3 Å². The van der Waals surface area contributed by atoms with E-state index >= 15 is 0 Å². The highest BCUT2D eigenvalue weighted by Gasteiger charge is 2.16. The third-order valence-electron chi connectivity index (χ3n) is 3.10. The lowest BCUT2D eigenvalue weighted by atomic mass is 10.2. The lowest BCUT2D eigenvalue weighted by Crippen LogP contribution is -2.31. The number of anilines is 1. The number of aryl methyl sites for hydroxylation is 2. The molecule has 1 aromatic heterocycles. The molecule has 1 N–H and O–H groups in total. The first kappa shape index (κ1) is 15.3. The minimum Gasteiger partial charge on any atom is -0.361 e. The van der Waals surface area contributed by atoms with Gasteiger partial charge in [-0.15, -0.1) is 0 Å². The SMILES string of the molecule is Cc1noc(C)c1CN(C)C(=O)Nc1ccc(F)cc1Cl. The van der Waals surface area contributed by atoms with Crippen LogP contribution in [-0.2, 0) is 6.54 Å². The number of hydrogen-bond donors (Lipinski definition) is 1. The van der Waals surface area contributed by atoms with Crippen molar-refractivity contribution in [2.75, 3.05) is 12.4 Å². The van der Waals surface area contributed by atoms with Crippen molar-refractivity contribution in [2.24, 2.45) is 0 Å². The normalized spacial score (nSPS) is 10.5. The summed E-state index contributed by atoms with van der Waals surface area (Å²) in [6, 6.07) is 3.43. The molecule has 0 saturated carbocycles. The second-order valence-corrected chi connectivity index (χ2v) is 5.12. The van der Waals surface area contributed by atoms with Crippen LogP contribution in [0.2, 0.25) is 5.02 Å². The van der Waals surface area contributed by atoms with Crippen LogP contribution in [0.15, 0.2) is 22.7 Å². The molecule has 0 radical (unpaired) electrons. The average molecular weight is 312 g/mol. The predicted molar refractivity (Wildman–Crippen MR) is 77.9 cm³/mol. The largest absolute Gasteiger partial charge is 0.361 e. The minimum atomic E-state index is -0.456. The molecule has 0 fully saturated rings. The predicted octanol–water partition coefficient (Wildman–Crippen LogP) is 3.75. The molecule has 7 heteroatoms. The van der Waals surface area contributed by atoms with Gasteiger partial charge < -0.3 is 14.7 Å². The Labute approximate surface area is 126 Å². The smallest absolute Gasteiger partial charge is 0.321 e. The molecule has 0 spiro atoms. The number of nitrogens with one attached hydrogen (secondary N) is 1. The van der Waals surface area contributed by atoms with Crippen molar-refractivity contribution in [3.05, 3.63) is 46.1 Å². The van der Waals surface area contributed by atoms with Gasteiger partial charge in [0.05, 0.1) is 22.9 Å².